The van der Waals surface area contributed by atoms with Crippen molar-refractivity contribution < 1.29 is 19.4 Å². The fraction of sp³-hybridized carbons (Fsp3) is 0.286. The molecule has 2 aliphatic rings. The molecule has 1 aliphatic carbocycles. The number of nitrogens with one attached hydrogen (secondary N) is 1. The second kappa shape index (κ2) is 6.82. The van der Waals surface area contributed by atoms with Gasteiger partial charge in [0.2, 0.25) is 0 Å². The van der Waals surface area contributed by atoms with Gasteiger partial charge >= 0.3 is 0 Å². The molecule has 0 saturated carbocycles. The number of ether oxygens (including phenoxy) is 2. The molecule has 2 aromatic rings. The third kappa shape index (κ3) is 2.82. The van der Waals surface area contributed by atoms with E-state index in [1.165, 1.54) is 6.07 Å². The highest BCUT2D eigenvalue weighted by molar-refractivity contribution is 6.33. The minimum Gasteiger partial charge on any atom is -0.545 e. The van der Waals surface area contributed by atoms with Crippen molar-refractivity contribution in [3.05, 3.63) is 64.2 Å². The zero-order valence-electron chi connectivity index (χ0n) is 15.0. The number of carboxylic acids is 1. The van der Waals surface area contributed by atoms with E-state index >= 15 is 0 Å². The van der Waals surface area contributed by atoms with Gasteiger partial charge in [-0.05, 0) is 42.2 Å². The standard InChI is InChI=1S/C21H20ClNO4/c1-26-11-6-9-17(27-2)15(10-11)19-13-5-3-4-12(13)18-14(21(24)25)7-8-16(22)20(18)23-19/h3-4,6-10,12-13,19,23H,5H2,1-2H3,(H,24,25)/p-1/t12-,13+,19+/m1/s1. The molecule has 2 aromatic carbocycles. The molecular formula is C21H19ClNO4-. The van der Waals surface area contributed by atoms with Crippen molar-refractivity contribution in [2.75, 3.05) is 19.5 Å². The van der Waals surface area contributed by atoms with E-state index in [0.29, 0.717) is 16.3 Å². The molecule has 0 fully saturated rings. The fourth-order valence-corrected chi connectivity index (χ4v) is 4.46. The van der Waals surface area contributed by atoms with Crippen LogP contribution in [0.15, 0.2) is 42.5 Å². The van der Waals surface area contributed by atoms with E-state index in [2.05, 4.69) is 17.5 Å². The molecule has 0 bridgehead atoms. The zero-order valence-corrected chi connectivity index (χ0v) is 15.7. The Kier molecular flexibility index (Phi) is 4.48. The maximum Gasteiger partial charge on any atom is 0.124 e. The van der Waals surface area contributed by atoms with E-state index in [1.807, 2.05) is 18.2 Å². The van der Waals surface area contributed by atoms with Crippen molar-refractivity contribution in [1.82, 2.24) is 0 Å². The molecule has 27 heavy (non-hydrogen) atoms. The van der Waals surface area contributed by atoms with Crippen LogP contribution in [0, 0.1) is 5.92 Å². The summed E-state index contributed by atoms with van der Waals surface area (Å²) in [4.78, 5) is 11.7. The number of fused-ring (bicyclic) bond motifs is 3. The minimum absolute atomic E-state index is 0.0613. The summed E-state index contributed by atoms with van der Waals surface area (Å²) in [5.74, 6) is 0.357. The van der Waals surface area contributed by atoms with Crippen LogP contribution in [0.2, 0.25) is 5.02 Å². The van der Waals surface area contributed by atoms with Gasteiger partial charge in [-0.2, -0.15) is 0 Å². The number of methoxy groups -OCH3 is 2. The van der Waals surface area contributed by atoms with Crippen LogP contribution in [0.3, 0.4) is 0 Å². The first-order chi connectivity index (χ1) is 13.0. The second-order valence-corrected chi connectivity index (χ2v) is 7.16. The van der Waals surface area contributed by atoms with Crippen LogP contribution in [0.4, 0.5) is 5.69 Å². The largest absolute Gasteiger partial charge is 0.545 e. The number of benzene rings is 2. The van der Waals surface area contributed by atoms with Gasteiger partial charge in [0.15, 0.2) is 0 Å². The van der Waals surface area contributed by atoms with Gasteiger partial charge in [0, 0.05) is 17.0 Å². The molecule has 1 N–H and O–H groups in total. The molecule has 4 rings (SSSR count). The number of carbonyl (C=O) groups excluding carboxylic acids is 1. The summed E-state index contributed by atoms with van der Waals surface area (Å²) in [7, 11) is 3.26. The van der Waals surface area contributed by atoms with E-state index in [9.17, 15) is 9.90 Å². The first-order valence-corrected chi connectivity index (χ1v) is 9.11. The Balaban J connectivity index is 1.89. The van der Waals surface area contributed by atoms with Gasteiger partial charge in [0.1, 0.15) is 11.5 Å². The van der Waals surface area contributed by atoms with Gasteiger partial charge in [-0.25, -0.2) is 0 Å². The minimum atomic E-state index is -1.19. The smallest absolute Gasteiger partial charge is 0.124 e. The molecule has 3 atom stereocenters. The van der Waals surface area contributed by atoms with E-state index in [-0.39, 0.29) is 23.4 Å². The lowest BCUT2D eigenvalue weighted by Gasteiger charge is -2.39. The van der Waals surface area contributed by atoms with E-state index in [0.717, 1.165) is 23.5 Å². The molecule has 0 aromatic heterocycles. The number of rotatable bonds is 4. The normalized spacial score (nSPS) is 22.6. The molecule has 0 spiro atoms. The zero-order chi connectivity index (χ0) is 19.1. The van der Waals surface area contributed by atoms with Gasteiger partial charge in [-0.1, -0.05) is 29.8 Å². The summed E-state index contributed by atoms with van der Waals surface area (Å²) in [6.45, 7) is 0. The maximum absolute atomic E-state index is 11.7. The number of hydrogen-bond acceptors (Lipinski definition) is 5. The van der Waals surface area contributed by atoms with Gasteiger partial charge in [-0.3, -0.25) is 0 Å². The highest BCUT2D eigenvalue weighted by Crippen LogP contribution is 2.54. The summed E-state index contributed by atoms with van der Waals surface area (Å²) >= 11 is 6.44. The number of carboxylic acid groups (broad SMARTS) is 1. The van der Waals surface area contributed by atoms with Gasteiger partial charge < -0.3 is 24.7 Å². The fourth-order valence-electron chi connectivity index (χ4n) is 4.24. The quantitative estimate of drug-likeness (QED) is 0.816. The van der Waals surface area contributed by atoms with Crippen molar-refractivity contribution in [3.63, 3.8) is 0 Å². The molecule has 1 aliphatic heterocycles. The van der Waals surface area contributed by atoms with Crippen LogP contribution in [0.1, 0.15) is 39.9 Å². The highest BCUT2D eigenvalue weighted by Gasteiger charge is 2.41. The van der Waals surface area contributed by atoms with Crippen molar-refractivity contribution in [2.24, 2.45) is 5.92 Å². The van der Waals surface area contributed by atoms with Crippen LogP contribution in [-0.4, -0.2) is 20.2 Å². The molecular weight excluding hydrogens is 366 g/mol. The van der Waals surface area contributed by atoms with Crippen LogP contribution in [0.25, 0.3) is 0 Å². The lowest BCUT2D eigenvalue weighted by Crippen LogP contribution is -2.33. The number of hydrogen-bond donors (Lipinski definition) is 1. The summed E-state index contributed by atoms with van der Waals surface area (Å²) in [5, 5.41) is 15.6. The number of aromatic carboxylic acids is 1. The van der Waals surface area contributed by atoms with E-state index in [4.69, 9.17) is 21.1 Å². The van der Waals surface area contributed by atoms with Crippen LogP contribution in [-0.2, 0) is 0 Å². The molecule has 1 heterocycles. The number of anilines is 1. The maximum atomic E-state index is 11.7. The van der Waals surface area contributed by atoms with Gasteiger partial charge in [0.05, 0.1) is 36.9 Å². The second-order valence-electron chi connectivity index (χ2n) is 6.75. The van der Waals surface area contributed by atoms with Crippen molar-refractivity contribution >= 4 is 23.3 Å². The van der Waals surface area contributed by atoms with E-state index < -0.39 is 5.97 Å². The van der Waals surface area contributed by atoms with Gasteiger partial charge in [-0.15, -0.1) is 0 Å². The Labute approximate surface area is 162 Å². The first-order valence-electron chi connectivity index (χ1n) is 8.74. The summed E-state index contributed by atoms with van der Waals surface area (Å²) in [6.07, 6.45) is 4.97. The predicted octanol–water partition coefficient (Wildman–Crippen LogP) is 3.55. The van der Waals surface area contributed by atoms with Crippen molar-refractivity contribution in [3.8, 4) is 11.5 Å². The van der Waals surface area contributed by atoms with E-state index in [1.54, 1.807) is 20.3 Å². The molecule has 140 valence electrons. The topological polar surface area (TPSA) is 70.6 Å². The summed E-state index contributed by atoms with van der Waals surface area (Å²) in [6, 6.07) is 8.70. The number of halogens is 1. The molecule has 0 radical (unpaired) electrons. The Bertz CT molecular complexity index is 940. The Morgan fingerprint density at radius 3 is 2.74 bits per heavy atom. The first kappa shape index (κ1) is 17.7. The monoisotopic (exact) mass is 384 g/mol. The third-order valence-electron chi connectivity index (χ3n) is 5.46. The number of carbonyl (C=O) groups is 1. The summed E-state index contributed by atoms with van der Waals surface area (Å²) < 4.78 is 11.0. The van der Waals surface area contributed by atoms with Gasteiger partial charge in [0.25, 0.3) is 0 Å². The molecule has 6 heteroatoms. The predicted molar refractivity (Wildman–Crippen MR) is 102 cm³/mol. The molecule has 5 nitrogen and oxygen atoms in total. The lowest BCUT2D eigenvalue weighted by atomic mass is 9.75. The van der Waals surface area contributed by atoms with Crippen molar-refractivity contribution in [2.45, 2.75) is 18.4 Å². The lowest BCUT2D eigenvalue weighted by molar-refractivity contribution is -0.255. The van der Waals surface area contributed by atoms with Crippen LogP contribution in [0.5, 0.6) is 11.5 Å². The Hall–Kier alpha value is -2.66. The van der Waals surface area contributed by atoms with Crippen molar-refractivity contribution in [1.29, 1.82) is 0 Å². The third-order valence-corrected chi connectivity index (χ3v) is 5.78. The molecule has 0 amide bonds. The highest BCUT2D eigenvalue weighted by atomic mass is 35.5. The molecule has 0 unspecified atom stereocenters. The summed E-state index contributed by atoms with van der Waals surface area (Å²) in [5.41, 5.74) is 2.47. The average molecular weight is 385 g/mol. The Morgan fingerprint density at radius 2 is 2.04 bits per heavy atom. The average Bonchev–Trinajstić information content (AvgIpc) is 3.17. The van der Waals surface area contributed by atoms with Crippen LogP contribution < -0.4 is 19.9 Å². The Morgan fingerprint density at radius 1 is 1.22 bits per heavy atom. The SMILES string of the molecule is COc1ccc(OC)c([C@H]2Nc3c(Cl)ccc(C(=O)[O-])c3[C@@H]3C=CC[C@H]23)c1. The number of allylic oxidation sites excluding steroid dienone is 2. The van der Waals surface area contributed by atoms with Crippen LogP contribution >= 0.6 is 11.6 Å². The molecule has 0 saturated heterocycles.